The third-order valence-electron chi connectivity index (χ3n) is 3.25. The van der Waals surface area contributed by atoms with Crippen molar-refractivity contribution in [2.45, 2.75) is 13.8 Å². The van der Waals surface area contributed by atoms with Crippen LogP contribution in [0.25, 0.3) is 6.08 Å². The second kappa shape index (κ2) is 8.06. The predicted octanol–water partition coefficient (Wildman–Crippen LogP) is 3.79. The Hall–Kier alpha value is -2.95. The molecule has 0 unspecified atom stereocenters. The Balaban J connectivity index is 2.27. The molecule has 24 heavy (non-hydrogen) atoms. The molecule has 126 valence electrons. The van der Waals surface area contributed by atoms with E-state index >= 15 is 0 Å². The smallest absolute Gasteiger partial charge is 0.189 e. The van der Waals surface area contributed by atoms with Crippen molar-refractivity contribution in [3.8, 4) is 23.0 Å². The molecule has 2 rings (SSSR count). The number of hydrogen-bond acceptors (Lipinski definition) is 5. The van der Waals surface area contributed by atoms with Crippen molar-refractivity contribution < 1.29 is 24.5 Å². The van der Waals surface area contributed by atoms with E-state index in [9.17, 15) is 15.0 Å². The summed E-state index contributed by atoms with van der Waals surface area (Å²) in [6, 6.07) is 9.45. The standard InChI is InChI=1S/C19H20O5/c1-3-23-14-7-10-19(24-4-2)15(12-14)16(20)8-5-13-6-9-17(21)18(22)11-13/h5-12,21-22H,3-4H2,1-2H3/b8-5+. The minimum absolute atomic E-state index is 0.207. The number of carbonyl (C=O) groups excluding carboxylic acids is 1. The normalized spacial score (nSPS) is 10.8. The molecule has 0 aliphatic carbocycles. The van der Waals surface area contributed by atoms with Gasteiger partial charge in [-0.1, -0.05) is 12.1 Å². The topological polar surface area (TPSA) is 76.0 Å². The molecular weight excluding hydrogens is 308 g/mol. The fourth-order valence-electron chi connectivity index (χ4n) is 2.15. The lowest BCUT2D eigenvalue weighted by Gasteiger charge is -2.10. The van der Waals surface area contributed by atoms with E-state index in [0.29, 0.717) is 35.8 Å². The Kier molecular flexibility index (Phi) is 5.84. The number of ketones is 1. The zero-order valence-electron chi connectivity index (χ0n) is 13.7. The van der Waals surface area contributed by atoms with Crippen molar-refractivity contribution in [2.75, 3.05) is 13.2 Å². The number of carbonyl (C=O) groups is 1. The van der Waals surface area contributed by atoms with Gasteiger partial charge in [-0.05, 0) is 55.8 Å². The molecule has 0 amide bonds. The molecule has 0 saturated heterocycles. The third kappa shape index (κ3) is 4.29. The van der Waals surface area contributed by atoms with E-state index in [1.165, 1.54) is 18.2 Å². The molecular formula is C19H20O5. The fraction of sp³-hybridized carbons (Fsp3) is 0.211. The van der Waals surface area contributed by atoms with Gasteiger partial charge in [0.15, 0.2) is 17.3 Å². The summed E-state index contributed by atoms with van der Waals surface area (Å²) in [6.07, 6.45) is 2.95. The highest BCUT2D eigenvalue weighted by Gasteiger charge is 2.12. The van der Waals surface area contributed by atoms with Crippen LogP contribution in [-0.4, -0.2) is 29.2 Å². The van der Waals surface area contributed by atoms with Crippen LogP contribution in [0.3, 0.4) is 0 Å². The Morgan fingerprint density at radius 1 is 1.00 bits per heavy atom. The van der Waals surface area contributed by atoms with Gasteiger partial charge in [0.2, 0.25) is 0 Å². The zero-order chi connectivity index (χ0) is 17.5. The molecule has 2 N–H and O–H groups in total. The lowest BCUT2D eigenvalue weighted by molar-refractivity contribution is 0.104. The van der Waals surface area contributed by atoms with Gasteiger partial charge in [-0.3, -0.25) is 4.79 Å². The Labute approximate surface area is 140 Å². The Morgan fingerprint density at radius 3 is 2.42 bits per heavy atom. The highest BCUT2D eigenvalue weighted by Crippen LogP contribution is 2.27. The van der Waals surface area contributed by atoms with E-state index in [2.05, 4.69) is 0 Å². The van der Waals surface area contributed by atoms with Crippen LogP contribution in [0.1, 0.15) is 29.8 Å². The third-order valence-corrected chi connectivity index (χ3v) is 3.25. The van der Waals surface area contributed by atoms with E-state index < -0.39 is 0 Å². The largest absolute Gasteiger partial charge is 0.504 e. The minimum Gasteiger partial charge on any atom is -0.504 e. The minimum atomic E-state index is -0.243. The van der Waals surface area contributed by atoms with Crippen molar-refractivity contribution in [3.63, 3.8) is 0 Å². The lowest BCUT2D eigenvalue weighted by atomic mass is 10.1. The zero-order valence-corrected chi connectivity index (χ0v) is 13.7. The summed E-state index contributed by atoms with van der Waals surface area (Å²) < 4.78 is 10.9. The van der Waals surface area contributed by atoms with Crippen LogP contribution in [0, 0.1) is 0 Å². The SMILES string of the molecule is CCOc1ccc(OCC)c(C(=O)/C=C/c2ccc(O)c(O)c2)c1. The molecule has 5 heteroatoms. The van der Waals surface area contributed by atoms with Gasteiger partial charge < -0.3 is 19.7 Å². The van der Waals surface area contributed by atoms with Crippen LogP contribution in [-0.2, 0) is 0 Å². The number of allylic oxidation sites excluding steroid dienone is 1. The van der Waals surface area contributed by atoms with Gasteiger partial charge in [-0.15, -0.1) is 0 Å². The predicted molar refractivity (Wildman–Crippen MR) is 91.9 cm³/mol. The van der Waals surface area contributed by atoms with Gasteiger partial charge in [0.05, 0.1) is 18.8 Å². The van der Waals surface area contributed by atoms with Crippen LogP contribution in [0.2, 0.25) is 0 Å². The molecule has 0 aromatic heterocycles. The first-order valence-electron chi connectivity index (χ1n) is 7.69. The monoisotopic (exact) mass is 328 g/mol. The lowest BCUT2D eigenvalue weighted by Crippen LogP contribution is -2.03. The summed E-state index contributed by atoms with van der Waals surface area (Å²) in [7, 11) is 0. The summed E-state index contributed by atoms with van der Waals surface area (Å²) in [6.45, 7) is 4.67. The number of rotatable bonds is 7. The molecule has 0 heterocycles. The van der Waals surface area contributed by atoms with Gasteiger partial charge in [-0.2, -0.15) is 0 Å². The molecule has 0 atom stereocenters. The first-order valence-corrected chi connectivity index (χ1v) is 7.69. The number of benzene rings is 2. The quantitative estimate of drug-likeness (QED) is 0.459. The summed E-state index contributed by atoms with van der Waals surface area (Å²) in [5, 5.41) is 18.8. The number of hydrogen-bond donors (Lipinski definition) is 2. The number of ether oxygens (including phenoxy) is 2. The van der Waals surface area contributed by atoms with Crippen LogP contribution in [0.4, 0.5) is 0 Å². The van der Waals surface area contributed by atoms with Gasteiger partial charge >= 0.3 is 0 Å². The van der Waals surface area contributed by atoms with Gasteiger partial charge in [0.1, 0.15) is 11.5 Å². The van der Waals surface area contributed by atoms with Crippen molar-refractivity contribution in [1.82, 2.24) is 0 Å². The second-order valence-corrected chi connectivity index (χ2v) is 4.97. The first kappa shape index (κ1) is 17.4. The van der Waals surface area contributed by atoms with E-state index in [-0.39, 0.29) is 17.3 Å². The molecule has 0 saturated carbocycles. The molecule has 2 aromatic carbocycles. The average Bonchev–Trinajstić information content (AvgIpc) is 2.57. The van der Waals surface area contributed by atoms with Gasteiger partial charge in [0, 0.05) is 0 Å². The van der Waals surface area contributed by atoms with Gasteiger partial charge in [0.25, 0.3) is 0 Å². The van der Waals surface area contributed by atoms with Crippen LogP contribution < -0.4 is 9.47 Å². The highest BCUT2D eigenvalue weighted by atomic mass is 16.5. The molecule has 0 bridgehead atoms. The Morgan fingerprint density at radius 2 is 1.75 bits per heavy atom. The molecule has 5 nitrogen and oxygen atoms in total. The fourth-order valence-corrected chi connectivity index (χ4v) is 2.15. The van der Waals surface area contributed by atoms with Crippen molar-refractivity contribution in [1.29, 1.82) is 0 Å². The second-order valence-electron chi connectivity index (χ2n) is 4.97. The maximum absolute atomic E-state index is 12.5. The Bertz CT molecular complexity index is 749. The van der Waals surface area contributed by atoms with Crippen molar-refractivity contribution in [3.05, 3.63) is 53.6 Å². The molecule has 0 spiro atoms. The number of phenolic OH excluding ortho intramolecular Hbond substituents is 2. The molecule has 0 aliphatic rings. The van der Waals surface area contributed by atoms with E-state index in [4.69, 9.17) is 9.47 Å². The number of aromatic hydroxyl groups is 2. The van der Waals surface area contributed by atoms with Crippen LogP contribution >= 0.6 is 0 Å². The first-order chi connectivity index (χ1) is 11.5. The van der Waals surface area contributed by atoms with Gasteiger partial charge in [-0.25, -0.2) is 0 Å². The summed E-state index contributed by atoms with van der Waals surface area (Å²) in [5.41, 5.74) is 1.000. The van der Waals surface area contributed by atoms with E-state index in [1.54, 1.807) is 30.3 Å². The number of phenols is 2. The van der Waals surface area contributed by atoms with Crippen molar-refractivity contribution >= 4 is 11.9 Å². The van der Waals surface area contributed by atoms with E-state index in [0.717, 1.165) is 0 Å². The maximum atomic E-state index is 12.5. The molecule has 0 aliphatic heterocycles. The van der Waals surface area contributed by atoms with E-state index in [1.807, 2.05) is 13.8 Å². The summed E-state index contributed by atoms with van der Waals surface area (Å²) in [4.78, 5) is 12.5. The van der Waals surface area contributed by atoms with Crippen LogP contribution in [0.5, 0.6) is 23.0 Å². The maximum Gasteiger partial charge on any atom is 0.189 e. The highest BCUT2D eigenvalue weighted by molar-refractivity contribution is 6.08. The van der Waals surface area contributed by atoms with Crippen LogP contribution in [0.15, 0.2) is 42.5 Å². The summed E-state index contributed by atoms with van der Waals surface area (Å²) in [5.74, 6) is 0.399. The molecule has 0 radical (unpaired) electrons. The molecule has 0 fully saturated rings. The van der Waals surface area contributed by atoms with Crippen molar-refractivity contribution in [2.24, 2.45) is 0 Å². The molecule has 2 aromatic rings. The average molecular weight is 328 g/mol. The summed E-state index contributed by atoms with van der Waals surface area (Å²) >= 11 is 0.